The van der Waals surface area contributed by atoms with Crippen molar-refractivity contribution in [1.29, 1.82) is 0 Å². The molecular weight excluding hydrogens is 489 g/mol. The highest BCUT2D eigenvalue weighted by atomic mass is 127. The quantitative estimate of drug-likeness (QED) is 0.232. The number of aromatic hydroxyl groups is 1. The first-order valence-electron chi connectivity index (χ1n) is 8.45. The number of halogens is 5. The Morgan fingerprint density at radius 2 is 1.86 bits per heavy atom. The molecule has 0 heterocycles. The van der Waals surface area contributed by atoms with E-state index >= 15 is 0 Å². The van der Waals surface area contributed by atoms with Gasteiger partial charge in [-0.3, -0.25) is 0 Å². The molecule has 0 unspecified atom stereocenters. The Morgan fingerprint density at radius 3 is 2.50 bits per heavy atom. The van der Waals surface area contributed by atoms with Gasteiger partial charge in [0, 0.05) is 13.1 Å². The number of phenolic OH excluding ortho intramolecular Hbond substituents is 1. The molecule has 0 aromatic heterocycles. The molecule has 0 saturated carbocycles. The lowest BCUT2D eigenvalue weighted by molar-refractivity contribution is -0.138. The van der Waals surface area contributed by atoms with Gasteiger partial charge < -0.3 is 15.7 Å². The number of phenols is 1. The summed E-state index contributed by atoms with van der Waals surface area (Å²) in [6.07, 6.45) is -4.04. The van der Waals surface area contributed by atoms with E-state index in [4.69, 9.17) is 0 Å². The van der Waals surface area contributed by atoms with Crippen LogP contribution in [0.5, 0.6) is 5.75 Å². The van der Waals surface area contributed by atoms with E-state index in [2.05, 4.69) is 15.6 Å². The van der Waals surface area contributed by atoms with E-state index < -0.39 is 17.6 Å². The van der Waals surface area contributed by atoms with Crippen molar-refractivity contribution >= 4 is 29.9 Å². The van der Waals surface area contributed by atoms with Crippen LogP contribution in [0.1, 0.15) is 23.6 Å². The van der Waals surface area contributed by atoms with Crippen LogP contribution in [-0.2, 0) is 19.1 Å². The normalized spacial score (nSPS) is 11.7. The topological polar surface area (TPSA) is 56.7 Å². The van der Waals surface area contributed by atoms with Crippen LogP contribution in [-0.4, -0.2) is 24.2 Å². The van der Waals surface area contributed by atoms with Gasteiger partial charge in [-0.25, -0.2) is 9.38 Å². The Balaban J connectivity index is 0.00000392. The van der Waals surface area contributed by atoms with Crippen LogP contribution in [0.3, 0.4) is 0 Å². The minimum absolute atomic E-state index is 0. The van der Waals surface area contributed by atoms with Crippen molar-refractivity contribution in [3.05, 3.63) is 65.0 Å². The number of aliphatic imine (C=N–C) groups is 1. The molecule has 154 valence electrons. The molecule has 0 atom stereocenters. The minimum atomic E-state index is -4.64. The molecule has 0 aliphatic rings. The van der Waals surface area contributed by atoms with Crippen molar-refractivity contribution in [2.24, 2.45) is 4.99 Å². The average molecular weight is 511 g/mol. The molecule has 9 heteroatoms. The summed E-state index contributed by atoms with van der Waals surface area (Å²) in [7, 11) is 0. The molecular formula is C19H22F4IN3O. The van der Waals surface area contributed by atoms with Crippen LogP contribution < -0.4 is 10.6 Å². The number of hydrogen-bond acceptors (Lipinski definition) is 2. The van der Waals surface area contributed by atoms with Gasteiger partial charge in [0.25, 0.3) is 0 Å². The fourth-order valence-electron chi connectivity index (χ4n) is 2.49. The third-order valence-electron chi connectivity index (χ3n) is 3.75. The zero-order valence-electron chi connectivity index (χ0n) is 15.2. The molecule has 0 spiro atoms. The molecule has 0 radical (unpaired) electrons. The first-order valence-corrected chi connectivity index (χ1v) is 8.45. The van der Waals surface area contributed by atoms with Gasteiger partial charge in [-0.1, -0.05) is 18.2 Å². The maximum atomic E-state index is 13.2. The first-order chi connectivity index (χ1) is 12.8. The summed E-state index contributed by atoms with van der Waals surface area (Å²) >= 11 is 0. The van der Waals surface area contributed by atoms with E-state index in [9.17, 15) is 22.7 Å². The number of alkyl halides is 3. The van der Waals surface area contributed by atoms with Crippen LogP contribution >= 0.6 is 24.0 Å². The maximum Gasteiger partial charge on any atom is 0.416 e. The van der Waals surface area contributed by atoms with Crippen LogP contribution in [0.25, 0.3) is 0 Å². The fraction of sp³-hybridized carbons (Fsp3) is 0.316. The molecule has 4 nitrogen and oxygen atoms in total. The van der Waals surface area contributed by atoms with E-state index in [0.717, 1.165) is 17.7 Å². The van der Waals surface area contributed by atoms with E-state index in [1.165, 1.54) is 0 Å². The third kappa shape index (κ3) is 7.53. The van der Waals surface area contributed by atoms with E-state index in [0.29, 0.717) is 31.5 Å². The second kappa shape index (κ2) is 11.1. The fourth-order valence-corrected chi connectivity index (χ4v) is 2.49. The zero-order valence-corrected chi connectivity index (χ0v) is 17.5. The second-order valence-corrected chi connectivity index (χ2v) is 5.84. The highest BCUT2D eigenvalue weighted by molar-refractivity contribution is 14.0. The van der Waals surface area contributed by atoms with Crippen LogP contribution in [0.2, 0.25) is 0 Å². The van der Waals surface area contributed by atoms with Gasteiger partial charge in [-0.15, -0.1) is 24.0 Å². The molecule has 2 rings (SSSR count). The predicted octanol–water partition coefficient (Wildman–Crippen LogP) is 4.47. The SMILES string of the molecule is CCNC(=NCc1ccc(F)cc1C(F)(F)F)NCCc1cccc(O)c1.I. The monoisotopic (exact) mass is 511 g/mol. The van der Waals surface area contributed by atoms with Gasteiger partial charge in [-0.2, -0.15) is 13.2 Å². The van der Waals surface area contributed by atoms with Crippen molar-refractivity contribution in [3.8, 4) is 5.75 Å². The third-order valence-corrected chi connectivity index (χ3v) is 3.75. The molecule has 2 aromatic rings. The number of hydrogen-bond donors (Lipinski definition) is 3. The summed E-state index contributed by atoms with van der Waals surface area (Å²) in [5.41, 5.74) is -0.216. The highest BCUT2D eigenvalue weighted by Crippen LogP contribution is 2.32. The summed E-state index contributed by atoms with van der Waals surface area (Å²) in [6, 6.07) is 9.37. The van der Waals surface area contributed by atoms with E-state index in [-0.39, 0.29) is 41.8 Å². The smallest absolute Gasteiger partial charge is 0.416 e. The molecule has 3 N–H and O–H groups in total. The van der Waals surface area contributed by atoms with Gasteiger partial charge in [0.2, 0.25) is 0 Å². The molecule has 2 aromatic carbocycles. The second-order valence-electron chi connectivity index (χ2n) is 5.84. The molecule has 0 amide bonds. The Morgan fingerprint density at radius 1 is 1.11 bits per heavy atom. The lowest BCUT2D eigenvalue weighted by atomic mass is 10.1. The molecule has 28 heavy (non-hydrogen) atoms. The van der Waals surface area contributed by atoms with Crippen molar-refractivity contribution in [2.45, 2.75) is 26.1 Å². The summed E-state index contributed by atoms with van der Waals surface area (Å²) in [5, 5.41) is 15.4. The van der Waals surface area contributed by atoms with Gasteiger partial charge in [0.05, 0.1) is 12.1 Å². The largest absolute Gasteiger partial charge is 0.508 e. The van der Waals surface area contributed by atoms with Gasteiger partial charge in [-0.05, 0) is 48.7 Å². The van der Waals surface area contributed by atoms with Gasteiger partial charge in [0.15, 0.2) is 5.96 Å². The van der Waals surface area contributed by atoms with E-state index in [1.54, 1.807) is 18.2 Å². The summed E-state index contributed by atoms with van der Waals surface area (Å²) < 4.78 is 52.3. The lowest BCUT2D eigenvalue weighted by Crippen LogP contribution is -2.38. The van der Waals surface area contributed by atoms with Gasteiger partial charge >= 0.3 is 6.18 Å². The molecule has 0 saturated heterocycles. The standard InChI is InChI=1S/C19H21F4N3O.HI/c1-2-24-18(25-9-8-13-4-3-5-16(27)10-13)26-12-14-6-7-15(20)11-17(14)19(21,22)23;/h3-7,10-11,27H,2,8-9,12H2,1H3,(H2,24,25,26);1H. The molecule has 0 aliphatic carbocycles. The maximum absolute atomic E-state index is 13.2. The Kier molecular flexibility index (Phi) is 9.50. The molecule has 0 bridgehead atoms. The van der Waals surface area contributed by atoms with Gasteiger partial charge in [0.1, 0.15) is 11.6 Å². The zero-order chi connectivity index (χ0) is 19.9. The average Bonchev–Trinajstić information content (AvgIpc) is 2.59. The van der Waals surface area contributed by atoms with Crippen molar-refractivity contribution in [2.75, 3.05) is 13.1 Å². The first kappa shape index (κ1) is 24.0. The molecule has 0 fully saturated rings. The summed E-state index contributed by atoms with van der Waals surface area (Å²) in [4.78, 5) is 4.16. The lowest BCUT2D eigenvalue weighted by Gasteiger charge is -2.14. The number of nitrogens with zero attached hydrogens (tertiary/aromatic N) is 1. The number of benzene rings is 2. The van der Waals surface area contributed by atoms with Crippen molar-refractivity contribution in [1.82, 2.24) is 10.6 Å². The van der Waals surface area contributed by atoms with Crippen LogP contribution in [0.4, 0.5) is 17.6 Å². The Bertz CT molecular complexity index is 797. The molecule has 0 aliphatic heterocycles. The summed E-state index contributed by atoms with van der Waals surface area (Å²) in [5.74, 6) is -0.412. The number of guanidine groups is 1. The Labute approximate surface area is 178 Å². The Hall–Kier alpha value is -2.04. The predicted molar refractivity (Wildman–Crippen MR) is 111 cm³/mol. The number of nitrogens with one attached hydrogen (secondary N) is 2. The van der Waals surface area contributed by atoms with Crippen molar-refractivity contribution in [3.63, 3.8) is 0 Å². The highest BCUT2D eigenvalue weighted by Gasteiger charge is 2.33. The van der Waals surface area contributed by atoms with Crippen molar-refractivity contribution < 1.29 is 22.7 Å². The minimum Gasteiger partial charge on any atom is -0.508 e. The van der Waals surface area contributed by atoms with Crippen LogP contribution in [0, 0.1) is 5.82 Å². The van der Waals surface area contributed by atoms with E-state index in [1.807, 2.05) is 13.0 Å². The number of rotatable bonds is 6. The summed E-state index contributed by atoms with van der Waals surface area (Å²) in [6.45, 7) is 2.61. The van der Waals surface area contributed by atoms with Crippen LogP contribution in [0.15, 0.2) is 47.5 Å².